The summed E-state index contributed by atoms with van der Waals surface area (Å²) in [4.78, 5) is 38.2. The Morgan fingerprint density at radius 1 is 0.926 bits per heavy atom. The fourth-order valence-corrected chi connectivity index (χ4v) is 3.03. The van der Waals surface area contributed by atoms with E-state index in [1.165, 1.54) is 6.92 Å². The number of rotatable bonds is 8. The molecule has 0 radical (unpaired) electrons. The average molecular weight is 385 g/mol. The highest BCUT2D eigenvalue weighted by Gasteiger charge is 2.12. The van der Waals surface area contributed by atoms with Crippen molar-refractivity contribution in [1.29, 1.82) is 0 Å². The number of carbonyl (C=O) groups is 3. The van der Waals surface area contributed by atoms with Gasteiger partial charge in [0.15, 0.2) is 5.78 Å². The van der Waals surface area contributed by atoms with Crippen molar-refractivity contribution >= 4 is 40.7 Å². The molecule has 0 atom stereocenters. The molecule has 7 heteroatoms. The molecule has 0 heterocycles. The van der Waals surface area contributed by atoms with Gasteiger partial charge < -0.3 is 10.6 Å². The third kappa shape index (κ3) is 6.54. The van der Waals surface area contributed by atoms with Crippen LogP contribution in [0, 0.1) is 0 Å². The molecule has 2 aromatic carbocycles. The first-order valence-corrected chi connectivity index (χ1v) is 9.63. The van der Waals surface area contributed by atoms with Gasteiger partial charge in [-0.05, 0) is 56.6 Å². The highest BCUT2D eigenvalue weighted by Crippen LogP contribution is 2.24. The Bertz CT molecular complexity index is 821. The van der Waals surface area contributed by atoms with Crippen LogP contribution in [0.1, 0.15) is 17.3 Å². The number of benzene rings is 2. The van der Waals surface area contributed by atoms with Gasteiger partial charge in [-0.3, -0.25) is 19.3 Å². The second-order valence-corrected chi connectivity index (χ2v) is 6.95. The van der Waals surface area contributed by atoms with Crippen LogP contribution in [0.4, 0.5) is 11.4 Å². The minimum atomic E-state index is -0.231. The predicted octanol–water partition coefficient (Wildman–Crippen LogP) is 3.12. The molecule has 2 N–H and O–H groups in total. The summed E-state index contributed by atoms with van der Waals surface area (Å²) < 4.78 is 0. The zero-order chi connectivity index (χ0) is 19.8. The molecular weight excluding hydrogens is 362 g/mol. The van der Waals surface area contributed by atoms with E-state index >= 15 is 0 Å². The van der Waals surface area contributed by atoms with Gasteiger partial charge in [0.1, 0.15) is 0 Å². The van der Waals surface area contributed by atoms with Crippen molar-refractivity contribution in [3.63, 3.8) is 0 Å². The number of amides is 2. The van der Waals surface area contributed by atoms with Gasteiger partial charge in [-0.25, -0.2) is 0 Å². The van der Waals surface area contributed by atoms with Crippen LogP contribution in [-0.4, -0.2) is 48.9 Å². The van der Waals surface area contributed by atoms with E-state index in [-0.39, 0.29) is 30.7 Å². The van der Waals surface area contributed by atoms with Crippen molar-refractivity contribution in [2.45, 2.75) is 11.8 Å². The smallest absolute Gasteiger partial charge is 0.238 e. The number of Topliss-reactive ketones (excluding diaryl/α,β-unsaturated/α-hetero) is 1. The van der Waals surface area contributed by atoms with Gasteiger partial charge in [0.25, 0.3) is 0 Å². The van der Waals surface area contributed by atoms with Crippen molar-refractivity contribution in [3.05, 3.63) is 54.1 Å². The van der Waals surface area contributed by atoms with E-state index in [4.69, 9.17) is 0 Å². The summed E-state index contributed by atoms with van der Waals surface area (Å²) in [6.45, 7) is 1.66. The summed E-state index contributed by atoms with van der Waals surface area (Å²) in [5, 5.41) is 5.62. The quantitative estimate of drug-likeness (QED) is 0.539. The molecule has 0 aliphatic carbocycles. The number of nitrogens with one attached hydrogen (secondary N) is 2. The highest BCUT2D eigenvalue weighted by atomic mass is 32.2. The Hall–Kier alpha value is -2.64. The largest absolute Gasteiger partial charge is 0.325 e. The number of hydrogen-bond acceptors (Lipinski definition) is 5. The third-order valence-corrected chi connectivity index (χ3v) is 4.58. The molecule has 0 spiro atoms. The van der Waals surface area contributed by atoms with E-state index < -0.39 is 0 Å². The Labute approximate surface area is 163 Å². The summed E-state index contributed by atoms with van der Waals surface area (Å²) >= 11 is 1.56. The summed E-state index contributed by atoms with van der Waals surface area (Å²) in [5.41, 5.74) is 1.96. The van der Waals surface area contributed by atoms with E-state index in [1.807, 2.05) is 30.5 Å². The molecule has 0 aromatic heterocycles. The number of likely N-dealkylation sites (N-methyl/N-ethyl adjacent to an activating group) is 1. The van der Waals surface area contributed by atoms with E-state index in [0.29, 0.717) is 11.3 Å². The molecule has 6 nitrogen and oxygen atoms in total. The van der Waals surface area contributed by atoms with Crippen LogP contribution in [0.5, 0.6) is 0 Å². The van der Waals surface area contributed by atoms with Gasteiger partial charge >= 0.3 is 0 Å². The minimum absolute atomic E-state index is 0.0262. The lowest BCUT2D eigenvalue weighted by Gasteiger charge is -2.17. The van der Waals surface area contributed by atoms with E-state index in [2.05, 4.69) is 10.6 Å². The number of para-hydroxylation sites is 1. The van der Waals surface area contributed by atoms with Crippen molar-refractivity contribution in [3.8, 4) is 0 Å². The molecule has 0 saturated carbocycles. The second kappa shape index (κ2) is 9.89. The van der Waals surface area contributed by atoms with Crippen LogP contribution in [-0.2, 0) is 9.59 Å². The number of thioether (sulfide) groups is 1. The zero-order valence-electron chi connectivity index (χ0n) is 15.6. The fraction of sp³-hybridized carbons (Fsp3) is 0.250. The number of nitrogens with zero attached hydrogens (tertiary/aromatic N) is 1. The van der Waals surface area contributed by atoms with Crippen LogP contribution >= 0.6 is 11.8 Å². The second-order valence-electron chi connectivity index (χ2n) is 6.10. The zero-order valence-corrected chi connectivity index (χ0v) is 16.4. The molecule has 2 amide bonds. The Balaban J connectivity index is 1.83. The summed E-state index contributed by atoms with van der Waals surface area (Å²) in [5.74, 6) is -0.440. The van der Waals surface area contributed by atoms with Crippen LogP contribution in [0.3, 0.4) is 0 Å². The van der Waals surface area contributed by atoms with Gasteiger partial charge in [-0.15, -0.1) is 11.8 Å². The molecule has 0 fully saturated rings. The van der Waals surface area contributed by atoms with Crippen molar-refractivity contribution in [1.82, 2.24) is 4.90 Å². The number of ketones is 1. The standard InChI is InChI=1S/C20H23N3O3S/c1-14(24)15-8-10-16(11-9-15)21-19(25)12-23(2)13-20(26)22-17-6-4-5-7-18(17)27-3/h4-11H,12-13H2,1-3H3,(H,21,25)(H,22,26). The maximum atomic E-state index is 12.2. The SMILES string of the molecule is CSc1ccccc1NC(=O)CN(C)CC(=O)Nc1ccc(C(C)=O)cc1. The lowest BCUT2D eigenvalue weighted by atomic mass is 10.1. The molecule has 0 aliphatic heterocycles. The first kappa shape index (κ1) is 20.7. The Morgan fingerprint density at radius 3 is 2.11 bits per heavy atom. The van der Waals surface area contributed by atoms with Crippen LogP contribution in [0.25, 0.3) is 0 Å². The van der Waals surface area contributed by atoms with Crippen LogP contribution in [0.15, 0.2) is 53.4 Å². The predicted molar refractivity (Wildman–Crippen MR) is 109 cm³/mol. The summed E-state index contributed by atoms with van der Waals surface area (Å²) in [6.07, 6.45) is 1.95. The molecule has 0 unspecified atom stereocenters. The van der Waals surface area contributed by atoms with Gasteiger partial charge in [-0.2, -0.15) is 0 Å². The first-order valence-electron chi connectivity index (χ1n) is 8.41. The van der Waals surface area contributed by atoms with E-state index in [1.54, 1.807) is 48.0 Å². The van der Waals surface area contributed by atoms with Crippen molar-refractivity contribution in [2.75, 3.05) is 37.0 Å². The lowest BCUT2D eigenvalue weighted by molar-refractivity contribution is -0.119. The number of hydrogen-bond donors (Lipinski definition) is 2. The summed E-state index contributed by atoms with van der Waals surface area (Å²) in [7, 11) is 1.71. The number of carbonyl (C=O) groups excluding carboxylic acids is 3. The first-order chi connectivity index (χ1) is 12.9. The van der Waals surface area contributed by atoms with Crippen molar-refractivity contribution < 1.29 is 14.4 Å². The van der Waals surface area contributed by atoms with Crippen LogP contribution in [0.2, 0.25) is 0 Å². The average Bonchev–Trinajstić information content (AvgIpc) is 2.62. The maximum Gasteiger partial charge on any atom is 0.238 e. The van der Waals surface area contributed by atoms with Gasteiger partial charge in [0.2, 0.25) is 11.8 Å². The molecule has 0 bridgehead atoms. The molecule has 0 aliphatic rings. The van der Waals surface area contributed by atoms with E-state index in [0.717, 1.165) is 10.6 Å². The molecular formula is C20H23N3O3S. The van der Waals surface area contributed by atoms with Gasteiger partial charge in [-0.1, -0.05) is 12.1 Å². The van der Waals surface area contributed by atoms with Crippen molar-refractivity contribution in [2.24, 2.45) is 0 Å². The molecule has 27 heavy (non-hydrogen) atoms. The molecule has 142 valence electrons. The monoisotopic (exact) mass is 385 g/mol. The fourth-order valence-electron chi connectivity index (χ4n) is 2.47. The maximum absolute atomic E-state index is 12.2. The highest BCUT2D eigenvalue weighted by molar-refractivity contribution is 7.98. The molecule has 2 aromatic rings. The normalized spacial score (nSPS) is 10.5. The Morgan fingerprint density at radius 2 is 1.52 bits per heavy atom. The molecule has 2 rings (SSSR count). The Kier molecular flexibility index (Phi) is 7.57. The number of anilines is 2. The molecule has 0 saturated heterocycles. The van der Waals surface area contributed by atoms with Gasteiger partial charge in [0, 0.05) is 16.1 Å². The summed E-state index contributed by atoms with van der Waals surface area (Å²) in [6, 6.07) is 14.3. The third-order valence-electron chi connectivity index (χ3n) is 3.78. The minimum Gasteiger partial charge on any atom is -0.325 e. The topological polar surface area (TPSA) is 78.5 Å². The van der Waals surface area contributed by atoms with Crippen LogP contribution < -0.4 is 10.6 Å². The lowest BCUT2D eigenvalue weighted by Crippen LogP contribution is -2.36. The van der Waals surface area contributed by atoms with Gasteiger partial charge in [0.05, 0.1) is 18.8 Å². The van der Waals surface area contributed by atoms with E-state index in [9.17, 15) is 14.4 Å².